The van der Waals surface area contributed by atoms with Gasteiger partial charge in [0.2, 0.25) is 5.95 Å². The molecule has 20 heavy (non-hydrogen) atoms. The van der Waals surface area contributed by atoms with Crippen LogP contribution in [0.1, 0.15) is 11.3 Å². The molecule has 0 radical (unpaired) electrons. The molecule has 0 bridgehead atoms. The monoisotopic (exact) mass is 289 g/mol. The van der Waals surface area contributed by atoms with Crippen molar-refractivity contribution in [3.63, 3.8) is 0 Å². The Balaban J connectivity index is 1.98. The van der Waals surface area contributed by atoms with Gasteiger partial charge in [-0.25, -0.2) is 4.98 Å². The van der Waals surface area contributed by atoms with Crippen LogP contribution in [0.5, 0.6) is 0 Å². The second-order valence-electron chi connectivity index (χ2n) is 4.74. The summed E-state index contributed by atoms with van der Waals surface area (Å²) in [6.45, 7) is 1.84. The van der Waals surface area contributed by atoms with Crippen LogP contribution < -0.4 is 16.4 Å². The standard InChI is InChI=1S/C14H16ClN5/c15-9-2-1-3-10(8-9)18-13-11-4-6-17-7-5-12(11)19-14(16)20-13/h1-3,8,17H,4-7H2,(H3,16,18,19,20). The topological polar surface area (TPSA) is 75.9 Å². The number of benzene rings is 1. The predicted octanol–water partition coefficient (Wildman–Crippen LogP) is 2.14. The van der Waals surface area contributed by atoms with Crippen LogP contribution in [-0.2, 0) is 12.8 Å². The fourth-order valence-corrected chi connectivity index (χ4v) is 2.56. The zero-order valence-electron chi connectivity index (χ0n) is 11.0. The number of nitrogens with zero attached hydrogens (tertiary/aromatic N) is 2. The molecule has 1 aromatic carbocycles. The Morgan fingerprint density at radius 3 is 2.90 bits per heavy atom. The normalized spacial score (nSPS) is 14.4. The van der Waals surface area contributed by atoms with E-state index in [1.54, 1.807) is 0 Å². The molecule has 1 aliphatic rings. The third-order valence-electron chi connectivity index (χ3n) is 3.29. The summed E-state index contributed by atoms with van der Waals surface area (Å²) in [7, 11) is 0. The van der Waals surface area contributed by atoms with Crippen LogP contribution in [0, 0.1) is 0 Å². The van der Waals surface area contributed by atoms with Crippen LogP contribution in [0.25, 0.3) is 0 Å². The summed E-state index contributed by atoms with van der Waals surface area (Å²) in [5.41, 5.74) is 8.86. The van der Waals surface area contributed by atoms with Crippen molar-refractivity contribution in [3.8, 4) is 0 Å². The second-order valence-corrected chi connectivity index (χ2v) is 5.18. The summed E-state index contributed by atoms with van der Waals surface area (Å²) < 4.78 is 0. The lowest BCUT2D eigenvalue weighted by Gasteiger charge is -2.13. The number of fused-ring (bicyclic) bond motifs is 1. The van der Waals surface area contributed by atoms with E-state index >= 15 is 0 Å². The molecule has 0 aliphatic carbocycles. The number of aromatic nitrogens is 2. The number of anilines is 3. The number of nitrogens with two attached hydrogens (primary N) is 1. The van der Waals surface area contributed by atoms with Gasteiger partial charge in [-0.05, 0) is 31.2 Å². The molecular formula is C14H16ClN5. The molecule has 0 amide bonds. The van der Waals surface area contributed by atoms with Crippen molar-refractivity contribution >= 4 is 29.1 Å². The van der Waals surface area contributed by atoms with Crippen molar-refractivity contribution in [2.75, 3.05) is 24.1 Å². The van der Waals surface area contributed by atoms with Crippen LogP contribution in [0.4, 0.5) is 17.5 Å². The van der Waals surface area contributed by atoms with E-state index < -0.39 is 0 Å². The summed E-state index contributed by atoms with van der Waals surface area (Å²) in [6.07, 6.45) is 1.75. The Bertz CT molecular complexity index is 629. The smallest absolute Gasteiger partial charge is 0.222 e. The summed E-state index contributed by atoms with van der Waals surface area (Å²) >= 11 is 6.00. The molecule has 1 aromatic heterocycles. The lowest BCUT2D eigenvalue weighted by Crippen LogP contribution is -2.16. The lowest BCUT2D eigenvalue weighted by atomic mass is 10.1. The third-order valence-corrected chi connectivity index (χ3v) is 3.52. The fourth-order valence-electron chi connectivity index (χ4n) is 2.37. The van der Waals surface area contributed by atoms with Gasteiger partial charge in [0.1, 0.15) is 5.82 Å². The van der Waals surface area contributed by atoms with Gasteiger partial charge in [-0.1, -0.05) is 17.7 Å². The predicted molar refractivity (Wildman–Crippen MR) is 81.5 cm³/mol. The number of hydrogen-bond acceptors (Lipinski definition) is 5. The first-order valence-electron chi connectivity index (χ1n) is 6.61. The Morgan fingerprint density at radius 2 is 2.05 bits per heavy atom. The molecule has 3 rings (SSSR count). The van der Waals surface area contributed by atoms with Crippen molar-refractivity contribution in [2.24, 2.45) is 0 Å². The second kappa shape index (κ2) is 5.64. The average Bonchev–Trinajstić information content (AvgIpc) is 2.64. The summed E-state index contributed by atoms with van der Waals surface area (Å²) in [6, 6.07) is 7.55. The molecule has 0 saturated carbocycles. The Labute approximate surface area is 122 Å². The van der Waals surface area contributed by atoms with Crippen LogP contribution >= 0.6 is 11.6 Å². The first kappa shape index (κ1) is 13.1. The van der Waals surface area contributed by atoms with Gasteiger partial charge in [0.25, 0.3) is 0 Å². The maximum atomic E-state index is 6.00. The zero-order valence-corrected chi connectivity index (χ0v) is 11.7. The van der Waals surface area contributed by atoms with E-state index in [0.717, 1.165) is 48.7 Å². The number of nitrogens with one attached hydrogen (secondary N) is 2. The van der Waals surface area contributed by atoms with E-state index in [1.165, 1.54) is 0 Å². The molecule has 0 unspecified atom stereocenters. The van der Waals surface area contributed by atoms with Gasteiger partial charge >= 0.3 is 0 Å². The molecule has 0 spiro atoms. The quantitative estimate of drug-likeness (QED) is 0.790. The summed E-state index contributed by atoms with van der Waals surface area (Å²) in [5, 5.41) is 7.34. The summed E-state index contributed by atoms with van der Waals surface area (Å²) in [5.74, 6) is 1.08. The van der Waals surface area contributed by atoms with Crippen molar-refractivity contribution in [2.45, 2.75) is 12.8 Å². The number of nitrogen functional groups attached to an aromatic ring is 1. The first-order valence-corrected chi connectivity index (χ1v) is 6.99. The minimum absolute atomic E-state index is 0.301. The highest BCUT2D eigenvalue weighted by molar-refractivity contribution is 6.30. The minimum Gasteiger partial charge on any atom is -0.368 e. The maximum Gasteiger partial charge on any atom is 0.222 e. The largest absolute Gasteiger partial charge is 0.368 e. The molecule has 104 valence electrons. The van der Waals surface area contributed by atoms with Crippen LogP contribution in [0.2, 0.25) is 5.02 Å². The summed E-state index contributed by atoms with van der Waals surface area (Å²) in [4.78, 5) is 8.69. The van der Waals surface area contributed by atoms with E-state index in [4.69, 9.17) is 17.3 Å². The van der Waals surface area contributed by atoms with Gasteiger partial charge < -0.3 is 16.4 Å². The van der Waals surface area contributed by atoms with Gasteiger partial charge in [0.05, 0.1) is 5.69 Å². The molecular weight excluding hydrogens is 274 g/mol. The maximum absolute atomic E-state index is 6.00. The van der Waals surface area contributed by atoms with Gasteiger partial charge in [0, 0.05) is 29.2 Å². The van der Waals surface area contributed by atoms with Crippen LogP contribution in [0.3, 0.4) is 0 Å². The molecule has 0 saturated heterocycles. The van der Waals surface area contributed by atoms with Crippen LogP contribution in [0.15, 0.2) is 24.3 Å². The SMILES string of the molecule is Nc1nc2c(c(Nc3cccc(Cl)c3)n1)CCNCC2. The Kier molecular flexibility index (Phi) is 3.71. The molecule has 0 fully saturated rings. The average molecular weight is 290 g/mol. The van der Waals surface area contributed by atoms with E-state index in [0.29, 0.717) is 11.0 Å². The van der Waals surface area contributed by atoms with Crippen molar-refractivity contribution in [1.29, 1.82) is 0 Å². The van der Waals surface area contributed by atoms with Crippen molar-refractivity contribution in [1.82, 2.24) is 15.3 Å². The zero-order chi connectivity index (χ0) is 13.9. The molecule has 6 heteroatoms. The van der Waals surface area contributed by atoms with Crippen molar-refractivity contribution in [3.05, 3.63) is 40.5 Å². The van der Waals surface area contributed by atoms with Gasteiger partial charge in [0.15, 0.2) is 0 Å². The number of hydrogen-bond donors (Lipinski definition) is 3. The van der Waals surface area contributed by atoms with E-state index in [2.05, 4.69) is 20.6 Å². The molecule has 5 nitrogen and oxygen atoms in total. The van der Waals surface area contributed by atoms with Gasteiger partial charge in [-0.2, -0.15) is 4.98 Å². The minimum atomic E-state index is 0.301. The van der Waals surface area contributed by atoms with Crippen molar-refractivity contribution < 1.29 is 0 Å². The number of rotatable bonds is 2. The fraction of sp³-hybridized carbons (Fsp3) is 0.286. The van der Waals surface area contributed by atoms with E-state index in [-0.39, 0.29) is 0 Å². The Hall–Kier alpha value is -1.85. The highest BCUT2D eigenvalue weighted by Crippen LogP contribution is 2.25. The third kappa shape index (κ3) is 2.84. The molecule has 2 heterocycles. The molecule has 1 aliphatic heterocycles. The highest BCUT2D eigenvalue weighted by atomic mass is 35.5. The molecule has 4 N–H and O–H groups in total. The molecule has 0 atom stereocenters. The lowest BCUT2D eigenvalue weighted by molar-refractivity contribution is 0.708. The first-order chi connectivity index (χ1) is 9.72. The van der Waals surface area contributed by atoms with Gasteiger partial charge in [-0.15, -0.1) is 0 Å². The highest BCUT2D eigenvalue weighted by Gasteiger charge is 2.16. The van der Waals surface area contributed by atoms with E-state index in [1.807, 2.05) is 24.3 Å². The number of halogens is 1. The van der Waals surface area contributed by atoms with Gasteiger partial charge in [-0.3, -0.25) is 0 Å². The van der Waals surface area contributed by atoms with E-state index in [9.17, 15) is 0 Å². The van der Waals surface area contributed by atoms with Crippen LogP contribution in [-0.4, -0.2) is 23.1 Å². The Morgan fingerprint density at radius 1 is 1.20 bits per heavy atom. The molecule has 2 aromatic rings.